The van der Waals surface area contributed by atoms with E-state index in [-0.39, 0.29) is 323 Å². The molecule has 48 heavy (non-hydrogen) atoms. The smallest absolute Gasteiger partial charge is 0 e. The van der Waals surface area contributed by atoms with Crippen molar-refractivity contribution in [1.82, 2.24) is 0 Å². The zero-order chi connectivity index (χ0) is 25.9. The molecule has 0 heterocycles. The van der Waals surface area contributed by atoms with E-state index in [1.165, 1.54) is 51.5 Å². The average molecular weight is 4230 g/mol. The molecule has 0 nitrogen and oxygen atoms in total. The number of rotatable bonds is 2. The predicted molar refractivity (Wildman–Crippen MR) is 131 cm³/mol. The van der Waals surface area contributed by atoms with Crippen LogP contribution in [0.3, 0.4) is 0 Å². The van der Waals surface area contributed by atoms with Crippen LogP contribution in [0.5, 0.6) is 0 Å². The largest absolute Gasteiger partial charge is 0 e. The molecule has 21 heteroatoms. The van der Waals surface area contributed by atoms with Gasteiger partial charge in [0, 0.05) is 316 Å². The van der Waals surface area contributed by atoms with E-state index in [1.807, 2.05) is 0 Å². The Bertz CT molecular complexity index is 790. The van der Waals surface area contributed by atoms with Gasteiger partial charge in [-0.05, 0) is 0 Å². The Balaban J connectivity index is -0.0000000145. The molecule has 0 radical (unpaired) electrons. The van der Waals surface area contributed by atoms with Crippen molar-refractivity contribution in [3.63, 3.8) is 0 Å². The second kappa shape index (κ2) is 69.2. The molecule has 2 aliphatic carbocycles. The van der Waals surface area contributed by atoms with Gasteiger partial charge in [-0.1, -0.05) is 7.43 Å². The molecule has 278 valence electrons. The Morgan fingerprint density at radius 3 is 0.875 bits per heavy atom. The molecule has 0 aromatic heterocycles. The molecule has 0 amide bonds. The van der Waals surface area contributed by atoms with Crippen molar-refractivity contribution >= 4 is 24.4 Å². The van der Waals surface area contributed by atoms with Crippen LogP contribution in [0.15, 0.2) is 23.3 Å². The minimum Gasteiger partial charge on any atom is 0 e. The van der Waals surface area contributed by atoms with Crippen LogP contribution in [0.4, 0.5) is 0 Å². The van der Waals surface area contributed by atoms with Gasteiger partial charge in [0.1, 0.15) is 0 Å². The first-order valence-electron chi connectivity index (χ1n) is 10.7. The van der Waals surface area contributed by atoms with Gasteiger partial charge in [-0.2, -0.15) is 0 Å². The van der Waals surface area contributed by atoms with Gasteiger partial charge in [0.2, 0.25) is 0 Å². The first kappa shape index (κ1) is 119. The summed E-state index contributed by atoms with van der Waals surface area (Å²) in [5, 5.41) is 0. The summed E-state index contributed by atoms with van der Waals surface area (Å²) < 4.78 is 12.8. The molecule has 0 spiro atoms. The maximum absolute atomic E-state index is 3.19. The van der Waals surface area contributed by atoms with E-state index in [0.29, 0.717) is 16.7 Å². The molecular weight excluding hydrogens is 4180 g/mol. The van der Waals surface area contributed by atoms with Crippen molar-refractivity contribution in [2.24, 2.45) is 22.7 Å². The predicted octanol–water partition coefficient (Wildman–Crippen LogP) is 5.94. The summed E-state index contributed by atoms with van der Waals surface area (Å²) in [6.07, 6.45) is 7.31. The van der Waals surface area contributed by atoms with Gasteiger partial charge in [-0.3, -0.25) is 0 Å². The fraction of sp³-hybridized carbons (Fsp3) is 0.630. The minimum absolute atomic E-state index is 0. The molecule has 0 aromatic carbocycles. The topological polar surface area (TPSA) is 0 Å². The van der Waals surface area contributed by atoms with Crippen LogP contribution >= 0.6 is 0 Å². The van der Waals surface area contributed by atoms with Gasteiger partial charge < -0.3 is 0 Å². The normalized spacial score (nSPS) is 10.5. The van der Waals surface area contributed by atoms with E-state index >= 15 is 0 Å². The van der Waals surface area contributed by atoms with Crippen LogP contribution in [-0.2, 0) is 432 Å². The summed E-state index contributed by atoms with van der Waals surface area (Å²) in [7, 11) is 0. The molecule has 0 fully saturated rings. The molecule has 0 atom stereocenters. The van der Waals surface area contributed by atoms with Crippen LogP contribution < -0.4 is 0 Å². The van der Waals surface area contributed by atoms with Crippen molar-refractivity contribution in [2.75, 3.05) is 0 Å². The van der Waals surface area contributed by atoms with E-state index in [9.17, 15) is 0 Å². The maximum Gasteiger partial charge on any atom is 0 e. The van der Waals surface area contributed by atoms with E-state index < -0.39 is 0 Å². The number of hydrogen-bond donors (Lipinski definition) is 0. The van der Waals surface area contributed by atoms with Crippen molar-refractivity contribution in [2.45, 2.75) is 89.5 Å². The fourth-order valence-corrected chi connectivity index (χ4v) is 5.13. The molecule has 2 aliphatic rings. The van der Waals surface area contributed by atoms with Crippen LogP contribution in [0.1, 0.15) is 89.5 Å². The first-order valence-corrected chi connectivity index (χ1v) is 19.5. The number of hydrogen-bond acceptors (Lipinski definition) is 0. The van der Waals surface area contributed by atoms with Crippen molar-refractivity contribution in [1.29, 1.82) is 0 Å². The molecule has 0 N–H and O–H groups in total. The van der Waals surface area contributed by atoms with Crippen molar-refractivity contribution in [3.05, 3.63) is 23.3 Å². The second-order valence-electron chi connectivity index (χ2n) is 10.3. The Morgan fingerprint density at radius 2 is 0.792 bits per heavy atom. The second-order valence-corrected chi connectivity index (χ2v) is 18.6. The standard InChI is InChI=1S/C9H12.C8H10.C5H9.C4H7.CH4.21W/c1-9(2,3)8-6-4-5-7-8;1-7(2)8-5-3-4-6-8;1-5(2,3)4;1-4(2)3;;;;;;;;;;;;;;;;;;;;;;/h6H,7H2,1-3H3;5,7H,6H2,1-2H3;1-3H3;4H,1-2H3;1H4;;;;;;;;;;;;;;;;;;;;;/q;;2*-1;;;;;;;;;;;;;;;;;;;;;;. The first-order chi connectivity index (χ1) is 14.3. The van der Waals surface area contributed by atoms with E-state index in [0.717, 1.165) is 5.92 Å². The minimum atomic E-state index is 0. The van der Waals surface area contributed by atoms with Gasteiger partial charge in [0.25, 0.3) is 0 Å². The molecule has 0 aromatic rings. The molecule has 0 unspecified atom stereocenters. The van der Waals surface area contributed by atoms with Gasteiger partial charge in [-0.15, -0.1) is 0 Å². The molecule has 2 rings (SSSR count). The van der Waals surface area contributed by atoms with E-state index in [2.05, 4.69) is 90.2 Å². The average Bonchev–Trinajstić information content (AvgIpc) is 3.18. The summed E-state index contributed by atoms with van der Waals surface area (Å²) in [6, 6.07) is 0. The van der Waals surface area contributed by atoms with Crippen LogP contribution in [-0.4, -0.2) is 24.4 Å². The van der Waals surface area contributed by atoms with Gasteiger partial charge in [-0.25, -0.2) is 0 Å². The monoisotopic (exact) mass is 4230 g/mol. The number of allylic oxidation sites excluding steroid dienone is 4. The summed E-state index contributed by atoms with van der Waals surface area (Å²) >= 11 is 9.47. The summed E-state index contributed by atoms with van der Waals surface area (Å²) in [4.78, 5) is 0. The summed E-state index contributed by atoms with van der Waals surface area (Å²) in [5.41, 5.74) is 3.97. The van der Waals surface area contributed by atoms with Crippen LogP contribution in [0.2, 0.25) is 0 Å². The fourth-order valence-electron chi connectivity index (χ4n) is 1.97. The molecule has 0 aliphatic heterocycles. The molecular formula is C27H42W21-2. The van der Waals surface area contributed by atoms with Crippen LogP contribution in [0.25, 0.3) is 0 Å². The third-order valence-corrected chi connectivity index (χ3v) is 17.3. The summed E-state index contributed by atoms with van der Waals surface area (Å²) in [6.45, 7) is 22.2. The Hall–Kier alpha value is 13.2. The molecule has 0 bridgehead atoms. The van der Waals surface area contributed by atoms with Gasteiger partial charge in [0.05, 0.1) is 0 Å². The Morgan fingerprint density at radius 1 is 0.542 bits per heavy atom. The SMILES string of the molecule is C.CC(C)(C)C1=C[C](=[W])[C](=[W])C1.CC(C)(C)[C-]=[W].CC(C)C1=C[C](=[W])[C](=[W])C1.CC(C)[C-]=[W].[W].[W].[W].[W].[W].[W].[W].[W].[W].[W].[W].[W].[W].[W].[W]. The molecule has 0 saturated heterocycles. The third-order valence-electron chi connectivity index (χ3n) is 4.13. The quantitative estimate of drug-likeness (QED) is 0.301. The van der Waals surface area contributed by atoms with Gasteiger partial charge >= 0.3 is 269 Å². The Kier molecular flexibility index (Phi) is 171. The molecule has 0 saturated carbocycles. The third kappa shape index (κ3) is 73.5. The zero-order valence-corrected chi connectivity index (χ0v) is 88.9. The van der Waals surface area contributed by atoms with E-state index in [1.54, 1.807) is 104 Å². The van der Waals surface area contributed by atoms with Crippen LogP contribution in [0, 0.1) is 22.7 Å². The zero-order valence-electron chi connectivity index (χ0n) is 27.3. The van der Waals surface area contributed by atoms with E-state index in [4.69, 9.17) is 0 Å². The van der Waals surface area contributed by atoms with Gasteiger partial charge in [0.15, 0.2) is 0 Å². The van der Waals surface area contributed by atoms with Crippen molar-refractivity contribution < 1.29 is 432 Å². The maximum atomic E-state index is 3.19. The van der Waals surface area contributed by atoms with Crippen molar-refractivity contribution in [3.8, 4) is 0 Å². The Labute approximate surface area is 578 Å². The summed E-state index contributed by atoms with van der Waals surface area (Å²) in [5.74, 6) is 1.43.